The largest absolute Gasteiger partial charge is 0.354 e. The van der Waals surface area contributed by atoms with E-state index in [9.17, 15) is 0 Å². The Kier molecular flexibility index (Phi) is 7.52. The van der Waals surface area contributed by atoms with E-state index in [2.05, 4.69) is 117 Å². The van der Waals surface area contributed by atoms with Crippen LogP contribution in [0, 0.1) is 0 Å². The molecule has 1 aliphatic rings. The first-order valence-electron chi connectivity index (χ1n) is 16.5. The van der Waals surface area contributed by atoms with Gasteiger partial charge in [-0.15, -0.1) is 0 Å². The van der Waals surface area contributed by atoms with Gasteiger partial charge in [0.1, 0.15) is 25.3 Å². The molecule has 8 aromatic rings. The van der Waals surface area contributed by atoms with E-state index >= 15 is 0 Å². The molecule has 0 spiro atoms. The molecule has 0 aliphatic carbocycles. The molecule has 1 aliphatic heterocycles. The Hall–Kier alpha value is -5.30. The topological polar surface area (TPSA) is 127 Å². The fraction of sp³-hybridized carbons (Fsp3) is 0.158. The molecule has 2 N–H and O–H groups in total. The molecule has 9 rings (SSSR count). The smallest absolute Gasteiger partial charge is 0.116 e. The molecule has 10 nitrogen and oxygen atoms in total. The monoisotopic (exact) mass is 690 g/mol. The number of benzene rings is 4. The predicted molar refractivity (Wildman–Crippen MR) is 207 cm³/mol. The van der Waals surface area contributed by atoms with Crippen molar-refractivity contribution in [2.45, 2.75) is 39.0 Å². The third-order valence-electron chi connectivity index (χ3n) is 9.10. The van der Waals surface area contributed by atoms with Gasteiger partial charge in [0.2, 0.25) is 0 Å². The van der Waals surface area contributed by atoms with E-state index in [1.807, 2.05) is 24.8 Å². The molecule has 2 atom stereocenters. The van der Waals surface area contributed by atoms with Crippen LogP contribution in [0.1, 0.15) is 27.7 Å². The van der Waals surface area contributed by atoms with E-state index in [0.717, 1.165) is 66.4 Å². The molecule has 244 valence electrons. The van der Waals surface area contributed by atoms with Crippen molar-refractivity contribution in [3.8, 4) is 0 Å². The predicted octanol–water partition coefficient (Wildman–Crippen LogP) is 6.94. The molecule has 0 saturated heterocycles. The van der Waals surface area contributed by atoms with Crippen molar-refractivity contribution in [3.05, 3.63) is 98.6 Å². The lowest BCUT2D eigenvalue weighted by Gasteiger charge is -2.32. The highest BCUT2D eigenvalue weighted by Crippen LogP contribution is 2.49. The summed E-state index contributed by atoms with van der Waals surface area (Å²) in [6, 6.07) is 17.8. The number of nitrogens with zero attached hydrogens (tertiary/aromatic N) is 8. The van der Waals surface area contributed by atoms with Gasteiger partial charge >= 0.3 is 0 Å². The second kappa shape index (κ2) is 12.2. The highest BCUT2D eigenvalue weighted by atomic mass is 31.1. The molecular weight excluding hydrogens is 658 g/mol. The third kappa shape index (κ3) is 5.27. The summed E-state index contributed by atoms with van der Waals surface area (Å²) in [4.78, 5) is 36.3. The van der Waals surface area contributed by atoms with Crippen LogP contribution in [0.5, 0.6) is 0 Å². The van der Waals surface area contributed by atoms with Gasteiger partial charge in [-0.05, 0) is 75.7 Å². The second-order valence-electron chi connectivity index (χ2n) is 13.0. The molecule has 4 aromatic carbocycles. The maximum Gasteiger partial charge on any atom is 0.116 e. The standard InChI is InChI=1S/C38H32N10P2/c1-21(2)49-35-7-25-15-41-17-43-27(25)9-33(35)48-34-10-28-26(16-42-18-44-28)8-36(34)50(22(3)4)38-12-30-24(14-40-20-46-30)6-32(38)47-31-5-23-13-39-19-45-29(23)11-37(31)49/h5-22,47-48H,1-4H3. The number of nitrogens with one attached hydrogen (secondary N) is 2. The second-order valence-corrected chi connectivity index (χ2v) is 18.5. The lowest BCUT2D eigenvalue weighted by molar-refractivity contribution is 1.10. The van der Waals surface area contributed by atoms with Gasteiger partial charge in [-0.1, -0.05) is 27.7 Å². The van der Waals surface area contributed by atoms with Gasteiger partial charge in [0.05, 0.1) is 22.1 Å². The number of aromatic nitrogens is 8. The van der Waals surface area contributed by atoms with Gasteiger partial charge in [-0.25, -0.2) is 39.9 Å². The van der Waals surface area contributed by atoms with Crippen LogP contribution < -0.4 is 31.9 Å². The zero-order chi connectivity index (χ0) is 33.9. The highest BCUT2D eigenvalue weighted by molar-refractivity contribution is 7.74. The van der Waals surface area contributed by atoms with Crippen LogP contribution >= 0.6 is 15.8 Å². The van der Waals surface area contributed by atoms with Crippen molar-refractivity contribution in [3.63, 3.8) is 0 Å². The molecule has 12 heteroatoms. The summed E-state index contributed by atoms with van der Waals surface area (Å²) in [6.45, 7) is 9.21. The van der Waals surface area contributed by atoms with Crippen LogP contribution in [-0.2, 0) is 0 Å². The van der Waals surface area contributed by atoms with Gasteiger partial charge in [0, 0.05) is 90.3 Å². The van der Waals surface area contributed by atoms with E-state index in [4.69, 9.17) is 9.97 Å². The van der Waals surface area contributed by atoms with Crippen LogP contribution in [0.3, 0.4) is 0 Å². The quantitative estimate of drug-likeness (QED) is 0.184. The minimum Gasteiger partial charge on any atom is -0.354 e. The van der Waals surface area contributed by atoms with Gasteiger partial charge in [-0.2, -0.15) is 0 Å². The Bertz CT molecular complexity index is 2260. The highest BCUT2D eigenvalue weighted by Gasteiger charge is 2.30. The molecule has 4 aromatic heterocycles. The van der Waals surface area contributed by atoms with Gasteiger partial charge in [-0.3, -0.25) is 0 Å². The average Bonchev–Trinajstić information content (AvgIpc) is 3.11. The summed E-state index contributed by atoms with van der Waals surface area (Å²) in [7, 11) is -1.92. The molecule has 0 radical (unpaired) electrons. The maximum atomic E-state index is 4.71. The lowest BCUT2D eigenvalue weighted by atomic mass is 10.2. The van der Waals surface area contributed by atoms with Crippen LogP contribution in [0.15, 0.2) is 98.6 Å². The molecule has 0 amide bonds. The molecule has 0 fully saturated rings. The first-order valence-corrected chi connectivity index (χ1v) is 19.3. The molecule has 0 saturated carbocycles. The Balaban J connectivity index is 1.43. The van der Waals surface area contributed by atoms with Crippen LogP contribution in [-0.4, -0.2) is 51.2 Å². The minimum absolute atomic E-state index is 0.275. The maximum absolute atomic E-state index is 4.71. The lowest BCUT2D eigenvalue weighted by Crippen LogP contribution is -2.27. The van der Waals surface area contributed by atoms with Crippen LogP contribution in [0.2, 0.25) is 0 Å². The van der Waals surface area contributed by atoms with Crippen LogP contribution in [0.4, 0.5) is 22.7 Å². The Labute approximate surface area is 290 Å². The Morgan fingerprint density at radius 3 is 1.06 bits per heavy atom. The molecule has 5 heterocycles. The van der Waals surface area contributed by atoms with E-state index in [1.54, 1.807) is 25.3 Å². The summed E-state index contributed by atoms with van der Waals surface area (Å²) in [5.74, 6) is 0. The van der Waals surface area contributed by atoms with Gasteiger partial charge in [0.15, 0.2) is 0 Å². The molecule has 2 unspecified atom stereocenters. The third-order valence-corrected chi connectivity index (χ3v) is 14.7. The average molecular weight is 691 g/mol. The molecule has 50 heavy (non-hydrogen) atoms. The van der Waals surface area contributed by atoms with Crippen LogP contribution in [0.25, 0.3) is 43.6 Å². The molecular formula is C38H32N10P2. The normalized spacial score (nSPS) is 15.9. The van der Waals surface area contributed by atoms with E-state index < -0.39 is 15.8 Å². The Morgan fingerprint density at radius 2 is 0.700 bits per heavy atom. The SMILES string of the molecule is CC(C)P1c2cc3cncnc3cc2Nc2cc3ncncc3cc2P(C(C)C)c2cc3ncncc3cc2Nc2cc3cncnc3cc21. The van der Waals surface area contributed by atoms with Crippen molar-refractivity contribution in [2.75, 3.05) is 10.6 Å². The van der Waals surface area contributed by atoms with Crippen molar-refractivity contribution in [2.24, 2.45) is 0 Å². The zero-order valence-electron chi connectivity index (χ0n) is 27.9. The summed E-state index contributed by atoms with van der Waals surface area (Å²) in [5, 5.41) is 16.8. The Morgan fingerprint density at radius 1 is 0.400 bits per heavy atom. The fourth-order valence-electron chi connectivity index (χ4n) is 6.93. The summed E-state index contributed by atoms with van der Waals surface area (Å²) < 4.78 is 0. The van der Waals surface area contributed by atoms with Crippen molar-refractivity contribution < 1.29 is 0 Å². The van der Waals surface area contributed by atoms with Crippen molar-refractivity contribution >= 4 is 103 Å². The number of anilines is 4. The minimum atomic E-state index is -0.959. The first kappa shape index (κ1) is 30.7. The van der Waals surface area contributed by atoms with E-state index in [-0.39, 0.29) is 11.3 Å². The van der Waals surface area contributed by atoms with Crippen molar-refractivity contribution in [1.29, 1.82) is 0 Å². The molecule has 0 bridgehead atoms. The summed E-state index contributed by atoms with van der Waals surface area (Å²) in [6.07, 6.45) is 14.0. The van der Waals surface area contributed by atoms with Gasteiger partial charge in [0.25, 0.3) is 0 Å². The van der Waals surface area contributed by atoms with Crippen molar-refractivity contribution in [1.82, 2.24) is 39.9 Å². The number of rotatable bonds is 2. The summed E-state index contributed by atoms with van der Waals surface area (Å²) >= 11 is 0. The number of hydrogen-bond acceptors (Lipinski definition) is 10. The number of fused-ring (bicyclic) bond motifs is 8. The van der Waals surface area contributed by atoms with E-state index in [0.29, 0.717) is 0 Å². The zero-order valence-corrected chi connectivity index (χ0v) is 29.7. The summed E-state index contributed by atoms with van der Waals surface area (Å²) in [5.41, 5.74) is 8.24. The number of hydrogen-bond donors (Lipinski definition) is 2. The first-order chi connectivity index (χ1) is 24.4. The van der Waals surface area contributed by atoms with Gasteiger partial charge < -0.3 is 10.6 Å². The fourth-order valence-corrected chi connectivity index (χ4v) is 12.3. The van der Waals surface area contributed by atoms with E-state index in [1.165, 1.54) is 21.2 Å².